The zero-order chi connectivity index (χ0) is 12.7. The van der Waals surface area contributed by atoms with Gasteiger partial charge in [-0.15, -0.1) is 0 Å². The maximum Gasteiger partial charge on any atom is 0.231 e. The molecule has 1 N–H and O–H groups in total. The number of nitrogens with one attached hydrogen (secondary N) is 1. The average molecular weight is 351 g/mol. The summed E-state index contributed by atoms with van der Waals surface area (Å²) < 4.78 is 2.78. The van der Waals surface area contributed by atoms with E-state index in [1.54, 1.807) is 0 Å². The van der Waals surface area contributed by atoms with Crippen LogP contribution in [0.15, 0.2) is 0 Å². The Morgan fingerprint density at radius 3 is 2.76 bits per heavy atom. The zero-order valence-electron chi connectivity index (χ0n) is 11.2. The molecule has 1 amide bonds. The lowest BCUT2D eigenvalue weighted by molar-refractivity contribution is -0.123. The summed E-state index contributed by atoms with van der Waals surface area (Å²) in [7, 11) is 0. The van der Waals surface area contributed by atoms with Gasteiger partial charge in [0.25, 0.3) is 0 Å². The van der Waals surface area contributed by atoms with Gasteiger partial charge in [0.2, 0.25) is 5.91 Å². The van der Waals surface area contributed by atoms with Crippen LogP contribution in [0, 0.1) is 11.3 Å². The molecule has 2 unspecified atom stereocenters. The van der Waals surface area contributed by atoms with E-state index in [0.717, 1.165) is 12.8 Å². The molecule has 0 aromatic rings. The normalized spacial score (nSPS) is 30.4. The molecule has 2 atom stereocenters. The van der Waals surface area contributed by atoms with Crippen LogP contribution >= 0.6 is 22.9 Å². The lowest BCUT2D eigenvalue weighted by atomic mass is 9.72. The molecule has 0 radical (unpaired) electrons. The van der Waals surface area contributed by atoms with Gasteiger partial charge < -0.3 is 0 Å². The van der Waals surface area contributed by atoms with Crippen LogP contribution < -0.4 is 3.53 Å². The van der Waals surface area contributed by atoms with Gasteiger partial charge in [0.05, 0.1) is 22.9 Å². The lowest BCUT2D eigenvalue weighted by Crippen LogP contribution is -2.28. The summed E-state index contributed by atoms with van der Waals surface area (Å²) in [5, 5.41) is 0. The standard InChI is InChI=1S/C14H26INO/c1-3-4-9-14(2)10-6-5-7-12(8-11-14)13(17)16-15/h12H,3-11H2,1-2H3,(H,16,17). The summed E-state index contributed by atoms with van der Waals surface area (Å²) in [6.45, 7) is 4.69. The number of hydrogen-bond donors (Lipinski definition) is 1. The minimum atomic E-state index is 0.241. The second-order valence-electron chi connectivity index (χ2n) is 5.85. The van der Waals surface area contributed by atoms with Gasteiger partial charge in [-0.2, -0.15) is 0 Å². The third-order valence-electron chi connectivity index (χ3n) is 4.28. The summed E-state index contributed by atoms with van der Waals surface area (Å²) in [6.07, 6.45) is 11.2. The number of halogens is 1. The molecule has 0 bridgehead atoms. The highest BCUT2D eigenvalue weighted by molar-refractivity contribution is 14.1. The van der Waals surface area contributed by atoms with Crippen LogP contribution in [0.4, 0.5) is 0 Å². The second kappa shape index (κ2) is 7.59. The van der Waals surface area contributed by atoms with Gasteiger partial charge in [0.1, 0.15) is 0 Å². The molecule has 1 aliphatic carbocycles. The molecule has 2 nitrogen and oxygen atoms in total. The van der Waals surface area contributed by atoms with Crippen LogP contribution in [0.5, 0.6) is 0 Å². The van der Waals surface area contributed by atoms with Gasteiger partial charge in [0, 0.05) is 5.92 Å². The van der Waals surface area contributed by atoms with Gasteiger partial charge in [-0.3, -0.25) is 8.32 Å². The molecule has 0 aromatic heterocycles. The predicted molar refractivity (Wildman–Crippen MR) is 81.0 cm³/mol. The number of carbonyl (C=O) groups is 1. The first kappa shape index (κ1) is 15.3. The summed E-state index contributed by atoms with van der Waals surface area (Å²) in [6, 6.07) is 0. The van der Waals surface area contributed by atoms with Crippen LogP contribution in [0.1, 0.15) is 71.6 Å². The number of rotatable bonds is 4. The predicted octanol–water partition coefficient (Wildman–Crippen LogP) is 4.62. The number of unbranched alkanes of at least 4 members (excludes halogenated alkanes) is 1. The van der Waals surface area contributed by atoms with E-state index in [-0.39, 0.29) is 11.8 Å². The van der Waals surface area contributed by atoms with Crippen molar-refractivity contribution in [2.24, 2.45) is 11.3 Å². The van der Waals surface area contributed by atoms with Crippen molar-refractivity contribution in [2.45, 2.75) is 71.6 Å². The SMILES string of the molecule is CCCCC1(C)CCCCC(C(=O)NI)CC1. The first-order valence-electron chi connectivity index (χ1n) is 7.02. The Balaban J connectivity index is 2.52. The van der Waals surface area contributed by atoms with E-state index in [9.17, 15) is 4.79 Å². The van der Waals surface area contributed by atoms with Crippen molar-refractivity contribution in [3.63, 3.8) is 0 Å². The van der Waals surface area contributed by atoms with E-state index in [2.05, 4.69) is 17.4 Å². The smallest absolute Gasteiger partial charge is 0.231 e. The van der Waals surface area contributed by atoms with Gasteiger partial charge in [-0.1, -0.05) is 39.5 Å². The first-order valence-corrected chi connectivity index (χ1v) is 8.09. The minimum absolute atomic E-state index is 0.241. The molecule has 0 aromatic carbocycles. The molecule has 1 aliphatic rings. The van der Waals surface area contributed by atoms with Gasteiger partial charge in [0.15, 0.2) is 0 Å². The topological polar surface area (TPSA) is 29.1 Å². The van der Waals surface area contributed by atoms with Crippen LogP contribution in [0.3, 0.4) is 0 Å². The Morgan fingerprint density at radius 1 is 1.35 bits per heavy atom. The highest BCUT2D eigenvalue weighted by Crippen LogP contribution is 2.39. The molecular formula is C14H26INO. The Hall–Kier alpha value is 0.200. The quantitative estimate of drug-likeness (QED) is 0.581. The van der Waals surface area contributed by atoms with E-state index >= 15 is 0 Å². The van der Waals surface area contributed by atoms with Crippen LogP contribution in [-0.2, 0) is 4.79 Å². The molecule has 1 saturated carbocycles. The fourth-order valence-electron chi connectivity index (χ4n) is 2.93. The van der Waals surface area contributed by atoms with E-state index in [0.29, 0.717) is 5.41 Å². The number of carbonyl (C=O) groups excluding carboxylic acids is 1. The van der Waals surface area contributed by atoms with Crippen molar-refractivity contribution >= 4 is 28.8 Å². The molecule has 1 rings (SSSR count). The first-order chi connectivity index (χ1) is 8.11. The minimum Gasteiger partial charge on any atom is -0.299 e. The molecule has 0 aliphatic heterocycles. The molecule has 100 valence electrons. The highest BCUT2D eigenvalue weighted by Gasteiger charge is 2.28. The third kappa shape index (κ3) is 5.14. The maximum atomic E-state index is 11.7. The van der Waals surface area contributed by atoms with Crippen molar-refractivity contribution in [2.75, 3.05) is 0 Å². The number of amides is 1. The molecular weight excluding hydrogens is 325 g/mol. The van der Waals surface area contributed by atoms with E-state index in [4.69, 9.17) is 0 Å². The van der Waals surface area contributed by atoms with Crippen LogP contribution in [0.2, 0.25) is 0 Å². The summed E-state index contributed by atoms with van der Waals surface area (Å²) in [5.74, 6) is 0.499. The maximum absolute atomic E-state index is 11.7. The molecule has 17 heavy (non-hydrogen) atoms. The average Bonchev–Trinajstić information content (AvgIpc) is 2.32. The van der Waals surface area contributed by atoms with Crippen molar-refractivity contribution in [1.82, 2.24) is 3.53 Å². The molecule has 0 spiro atoms. The van der Waals surface area contributed by atoms with E-state index in [1.807, 2.05) is 22.9 Å². The second-order valence-corrected chi connectivity index (χ2v) is 6.39. The Morgan fingerprint density at radius 2 is 2.12 bits per heavy atom. The monoisotopic (exact) mass is 351 g/mol. The fourth-order valence-corrected chi connectivity index (χ4v) is 3.37. The summed E-state index contributed by atoms with van der Waals surface area (Å²) in [4.78, 5) is 11.7. The summed E-state index contributed by atoms with van der Waals surface area (Å²) in [5.41, 5.74) is 0.486. The van der Waals surface area contributed by atoms with E-state index in [1.165, 1.54) is 44.9 Å². The summed E-state index contributed by atoms with van der Waals surface area (Å²) >= 11 is 1.97. The van der Waals surface area contributed by atoms with Gasteiger partial charge >= 0.3 is 0 Å². The fraction of sp³-hybridized carbons (Fsp3) is 0.929. The molecule has 0 heterocycles. The largest absolute Gasteiger partial charge is 0.299 e. The number of hydrogen-bond acceptors (Lipinski definition) is 1. The zero-order valence-corrected chi connectivity index (χ0v) is 13.4. The van der Waals surface area contributed by atoms with E-state index < -0.39 is 0 Å². The molecule has 3 heteroatoms. The van der Waals surface area contributed by atoms with Crippen molar-refractivity contribution in [1.29, 1.82) is 0 Å². The third-order valence-corrected chi connectivity index (χ3v) is 4.81. The van der Waals surface area contributed by atoms with Crippen molar-refractivity contribution in [3.8, 4) is 0 Å². The molecule has 1 fully saturated rings. The Labute approximate surface area is 120 Å². The van der Waals surface area contributed by atoms with Gasteiger partial charge in [-0.25, -0.2) is 0 Å². The highest BCUT2D eigenvalue weighted by atomic mass is 127. The molecule has 0 saturated heterocycles. The van der Waals surface area contributed by atoms with Crippen LogP contribution in [-0.4, -0.2) is 5.91 Å². The van der Waals surface area contributed by atoms with Gasteiger partial charge in [-0.05, 0) is 37.5 Å². The lowest BCUT2D eigenvalue weighted by Gasteiger charge is -2.33. The van der Waals surface area contributed by atoms with Crippen molar-refractivity contribution in [3.05, 3.63) is 0 Å². The van der Waals surface area contributed by atoms with Crippen LogP contribution in [0.25, 0.3) is 0 Å². The Bertz CT molecular complexity index is 240. The van der Waals surface area contributed by atoms with Crippen molar-refractivity contribution < 1.29 is 4.79 Å². The Kier molecular flexibility index (Phi) is 6.82.